The summed E-state index contributed by atoms with van der Waals surface area (Å²) >= 11 is 0. The van der Waals surface area contributed by atoms with Crippen molar-refractivity contribution in [3.63, 3.8) is 0 Å². The molecule has 0 unspecified atom stereocenters. The summed E-state index contributed by atoms with van der Waals surface area (Å²) in [5, 5.41) is 5.80. The fourth-order valence-electron chi connectivity index (χ4n) is 2.21. The van der Waals surface area contributed by atoms with Gasteiger partial charge in [0, 0.05) is 17.7 Å². The number of hydrogen-bond donors (Lipinski definition) is 1. The van der Waals surface area contributed by atoms with Crippen molar-refractivity contribution in [1.29, 1.82) is 0 Å². The maximum Gasteiger partial charge on any atom is 0.471 e. The first kappa shape index (κ1) is 17.3. The lowest BCUT2D eigenvalue weighted by Crippen LogP contribution is -2.51. The number of nitrogens with one attached hydrogen (secondary N) is 1. The van der Waals surface area contributed by atoms with Crippen LogP contribution < -0.4 is 5.32 Å². The first-order chi connectivity index (χ1) is 11.7. The van der Waals surface area contributed by atoms with Crippen molar-refractivity contribution in [3.05, 3.63) is 35.5 Å². The smallest absolute Gasteiger partial charge is 0.379 e. The molecule has 3 rings (SSSR count). The zero-order valence-electron chi connectivity index (χ0n) is 13.0. The van der Waals surface area contributed by atoms with Crippen LogP contribution in [-0.2, 0) is 22.3 Å². The van der Waals surface area contributed by atoms with Gasteiger partial charge in [0.1, 0.15) is 5.82 Å². The minimum absolute atomic E-state index is 0.0335. The van der Waals surface area contributed by atoms with E-state index in [0.29, 0.717) is 13.2 Å². The van der Waals surface area contributed by atoms with Gasteiger partial charge in [-0.3, -0.25) is 4.79 Å². The molecule has 134 valence electrons. The molecule has 1 N–H and O–H groups in total. The van der Waals surface area contributed by atoms with Gasteiger partial charge in [-0.25, -0.2) is 4.39 Å². The molecule has 1 aliphatic heterocycles. The van der Waals surface area contributed by atoms with Crippen LogP contribution in [0.15, 0.2) is 22.7 Å². The summed E-state index contributed by atoms with van der Waals surface area (Å²) in [6, 6.07) is 3.68. The van der Waals surface area contributed by atoms with Crippen molar-refractivity contribution >= 4 is 5.91 Å². The average Bonchev–Trinajstić information content (AvgIpc) is 3.01. The van der Waals surface area contributed by atoms with E-state index in [2.05, 4.69) is 20.0 Å². The lowest BCUT2D eigenvalue weighted by molar-refractivity contribution is -0.159. The van der Waals surface area contributed by atoms with E-state index in [-0.39, 0.29) is 29.4 Å². The zero-order chi connectivity index (χ0) is 18.2. The number of alkyl halides is 3. The Bertz CT molecular complexity index is 800. The molecule has 0 atom stereocenters. The molecule has 0 spiro atoms. The molecule has 2 heterocycles. The van der Waals surface area contributed by atoms with Gasteiger partial charge >= 0.3 is 12.1 Å². The van der Waals surface area contributed by atoms with Crippen LogP contribution in [0.3, 0.4) is 0 Å². The summed E-state index contributed by atoms with van der Waals surface area (Å²) in [6.07, 6.45) is -4.77. The first-order valence-electron chi connectivity index (χ1n) is 7.25. The van der Waals surface area contributed by atoms with E-state index in [1.165, 1.54) is 12.1 Å². The zero-order valence-corrected chi connectivity index (χ0v) is 13.0. The molecule has 0 saturated carbocycles. The summed E-state index contributed by atoms with van der Waals surface area (Å²) in [5.74, 6) is -2.84. The predicted octanol–water partition coefficient (Wildman–Crippen LogP) is 2.55. The maximum absolute atomic E-state index is 14.1. The number of carbonyl (C=O) groups excluding carboxylic acids is 1. The lowest BCUT2D eigenvalue weighted by Gasteiger charge is -2.36. The molecule has 1 saturated heterocycles. The van der Waals surface area contributed by atoms with Crippen molar-refractivity contribution in [2.75, 3.05) is 13.2 Å². The number of carbonyl (C=O) groups is 1. The van der Waals surface area contributed by atoms with E-state index >= 15 is 0 Å². The molecule has 2 aromatic rings. The maximum atomic E-state index is 14.1. The molecule has 1 fully saturated rings. The number of ether oxygens (including phenoxy) is 1. The summed E-state index contributed by atoms with van der Waals surface area (Å²) in [7, 11) is 0. The number of aromatic nitrogens is 2. The third-order valence-electron chi connectivity index (χ3n) is 3.81. The second kappa shape index (κ2) is 6.10. The fourth-order valence-corrected chi connectivity index (χ4v) is 2.21. The molecule has 0 aliphatic carbocycles. The number of benzene rings is 1. The Kier molecular flexibility index (Phi) is 4.23. The third kappa shape index (κ3) is 3.48. The van der Waals surface area contributed by atoms with Gasteiger partial charge in [0.25, 0.3) is 0 Å². The van der Waals surface area contributed by atoms with Crippen LogP contribution in [0.4, 0.5) is 17.6 Å². The van der Waals surface area contributed by atoms with E-state index in [1.54, 1.807) is 6.92 Å². The Morgan fingerprint density at radius 2 is 2.08 bits per heavy atom. The molecular weight excluding hydrogens is 346 g/mol. The van der Waals surface area contributed by atoms with Crippen LogP contribution in [0.25, 0.3) is 11.4 Å². The minimum atomic E-state index is -4.77. The van der Waals surface area contributed by atoms with Crippen molar-refractivity contribution in [3.8, 4) is 11.4 Å². The Balaban J connectivity index is 1.70. The molecule has 1 aliphatic rings. The van der Waals surface area contributed by atoms with Crippen LogP contribution in [-0.4, -0.2) is 29.3 Å². The Morgan fingerprint density at radius 3 is 2.60 bits per heavy atom. The highest BCUT2D eigenvalue weighted by atomic mass is 19.4. The van der Waals surface area contributed by atoms with Crippen LogP contribution in [0, 0.1) is 11.2 Å². The quantitative estimate of drug-likeness (QED) is 0.849. The number of hydrogen-bond acceptors (Lipinski definition) is 5. The molecule has 10 heteroatoms. The van der Waals surface area contributed by atoms with Crippen LogP contribution in [0.2, 0.25) is 0 Å². The predicted molar refractivity (Wildman–Crippen MR) is 75.5 cm³/mol. The van der Waals surface area contributed by atoms with E-state index in [0.717, 1.165) is 6.07 Å². The summed E-state index contributed by atoms with van der Waals surface area (Å²) in [5.41, 5.74) is -0.402. The van der Waals surface area contributed by atoms with Gasteiger partial charge in [0.15, 0.2) is 0 Å². The van der Waals surface area contributed by atoms with E-state index < -0.39 is 23.3 Å². The number of nitrogens with zero attached hydrogens (tertiary/aromatic N) is 2. The van der Waals surface area contributed by atoms with Crippen molar-refractivity contribution in [1.82, 2.24) is 15.5 Å². The van der Waals surface area contributed by atoms with E-state index in [9.17, 15) is 22.4 Å². The first-order valence-corrected chi connectivity index (χ1v) is 7.25. The summed E-state index contributed by atoms with van der Waals surface area (Å²) < 4.78 is 60.6. The van der Waals surface area contributed by atoms with Crippen LogP contribution >= 0.6 is 0 Å². The van der Waals surface area contributed by atoms with E-state index in [4.69, 9.17) is 4.74 Å². The van der Waals surface area contributed by atoms with Crippen LogP contribution in [0.5, 0.6) is 0 Å². The second-order valence-electron chi connectivity index (χ2n) is 5.96. The lowest BCUT2D eigenvalue weighted by atomic mass is 9.87. The number of halogens is 4. The highest BCUT2D eigenvalue weighted by Gasteiger charge is 2.41. The topological polar surface area (TPSA) is 77.3 Å². The van der Waals surface area contributed by atoms with Gasteiger partial charge in [-0.15, -0.1) is 0 Å². The molecule has 1 aromatic carbocycles. The molecule has 1 amide bonds. The second-order valence-corrected chi connectivity index (χ2v) is 5.96. The standard InChI is InChI=1S/C15H13F4N3O3/c1-14(6-24-7-14)12(23)20-5-9-3-2-8(4-10(9)16)11-21-13(25-22-11)15(17,18)19/h2-4H,5-7H2,1H3,(H,20,23). The fraction of sp³-hybridized carbons (Fsp3) is 0.400. The Labute approximate surface area is 139 Å². The van der Waals surface area contributed by atoms with Crippen LogP contribution in [0.1, 0.15) is 18.4 Å². The highest BCUT2D eigenvalue weighted by molar-refractivity contribution is 5.83. The number of rotatable bonds is 4. The normalized spacial score (nSPS) is 16.4. The van der Waals surface area contributed by atoms with Crippen molar-refractivity contribution < 1.29 is 31.6 Å². The minimum Gasteiger partial charge on any atom is -0.379 e. The molecule has 0 radical (unpaired) electrons. The Morgan fingerprint density at radius 1 is 1.36 bits per heavy atom. The molecular formula is C15H13F4N3O3. The SMILES string of the molecule is CC1(C(=O)NCc2ccc(-c3noc(C(F)(F)F)n3)cc2F)COC1. The molecule has 6 nitrogen and oxygen atoms in total. The van der Waals surface area contributed by atoms with Gasteiger partial charge in [-0.2, -0.15) is 18.2 Å². The molecule has 25 heavy (non-hydrogen) atoms. The Hall–Kier alpha value is -2.49. The average molecular weight is 359 g/mol. The third-order valence-corrected chi connectivity index (χ3v) is 3.81. The van der Waals surface area contributed by atoms with Gasteiger partial charge in [0.2, 0.25) is 11.7 Å². The van der Waals surface area contributed by atoms with Crippen molar-refractivity contribution in [2.45, 2.75) is 19.6 Å². The summed E-state index contributed by atoms with van der Waals surface area (Å²) in [4.78, 5) is 15.2. The monoisotopic (exact) mass is 359 g/mol. The molecule has 1 aromatic heterocycles. The highest BCUT2D eigenvalue weighted by Crippen LogP contribution is 2.30. The summed E-state index contributed by atoms with van der Waals surface area (Å²) in [6.45, 7) is 2.29. The van der Waals surface area contributed by atoms with Crippen molar-refractivity contribution in [2.24, 2.45) is 5.41 Å². The van der Waals surface area contributed by atoms with Gasteiger partial charge in [-0.1, -0.05) is 17.3 Å². The van der Waals surface area contributed by atoms with Gasteiger partial charge in [0.05, 0.1) is 18.6 Å². The largest absolute Gasteiger partial charge is 0.471 e. The number of amides is 1. The molecule has 0 bridgehead atoms. The van der Waals surface area contributed by atoms with Gasteiger partial charge < -0.3 is 14.6 Å². The van der Waals surface area contributed by atoms with E-state index in [1.807, 2.05) is 0 Å². The van der Waals surface area contributed by atoms with Gasteiger partial charge in [-0.05, 0) is 13.0 Å².